The Morgan fingerprint density at radius 2 is 1.92 bits per heavy atom. The molecule has 1 fully saturated rings. The number of carbonyl (C=O) groups is 1. The highest BCUT2D eigenvalue weighted by atomic mass is 35.5. The van der Waals surface area contributed by atoms with Crippen molar-refractivity contribution in [3.63, 3.8) is 0 Å². The zero-order valence-corrected chi connectivity index (χ0v) is 22.3. The zero-order chi connectivity index (χ0) is 26.0. The summed E-state index contributed by atoms with van der Waals surface area (Å²) in [4.78, 5) is 33.9. The van der Waals surface area contributed by atoms with Crippen molar-refractivity contribution in [3.8, 4) is 5.88 Å². The third-order valence-electron chi connectivity index (χ3n) is 7.37. The Labute approximate surface area is 216 Å². The number of pyridine rings is 1. The van der Waals surface area contributed by atoms with Gasteiger partial charge in [0, 0.05) is 34.9 Å². The number of ether oxygens (including phenoxy) is 1. The van der Waals surface area contributed by atoms with Crippen molar-refractivity contribution in [1.82, 2.24) is 25.4 Å². The van der Waals surface area contributed by atoms with Gasteiger partial charge in [0.1, 0.15) is 5.52 Å². The number of rotatable bonds is 8. The summed E-state index contributed by atoms with van der Waals surface area (Å²) in [7, 11) is 5.76. The van der Waals surface area contributed by atoms with Crippen LogP contribution in [-0.2, 0) is 6.54 Å². The van der Waals surface area contributed by atoms with Gasteiger partial charge in [-0.2, -0.15) is 5.10 Å². The van der Waals surface area contributed by atoms with Gasteiger partial charge in [-0.15, -0.1) is 0 Å². The molecule has 1 aromatic carbocycles. The molecule has 1 aliphatic carbocycles. The predicted molar refractivity (Wildman–Crippen MR) is 143 cm³/mol. The largest absolute Gasteiger partial charge is 0.482 e. The summed E-state index contributed by atoms with van der Waals surface area (Å²) >= 11 is 6.51. The van der Waals surface area contributed by atoms with Crippen molar-refractivity contribution in [3.05, 3.63) is 50.3 Å². The first-order valence-electron chi connectivity index (χ1n) is 12.4. The molecule has 9 nitrogen and oxygen atoms in total. The molecule has 10 heteroatoms. The number of methoxy groups -OCH3 is 1. The molecular formula is C26H35ClN6O3. The first-order chi connectivity index (χ1) is 17.2. The van der Waals surface area contributed by atoms with Gasteiger partial charge < -0.3 is 24.8 Å². The molecule has 0 aliphatic heterocycles. The molecule has 2 aromatic heterocycles. The Bertz CT molecular complexity index is 1290. The number of nitrogens with zero attached hydrogens (tertiary/aromatic N) is 3. The molecule has 0 bridgehead atoms. The topological polar surface area (TPSA) is 106 Å². The summed E-state index contributed by atoms with van der Waals surface area (Å²) in [5, 5.41) is 9.99. The molecule has 1 aliphatic rings. The lowest BCUT2D eigenvalue weighted by Crippen LogP contribution is -2.42. The van der Waals surface area contributed by atoms with E-state index in [1.165, 1.54) is 13.3 Å². The predicted octanol–water partition coefficient (Wildman–Crippen LogP) is 3.85. The van der Waals surface area contributed by atoms with Gasteiger partial charge in [-0.3, -0.25) is 14.7 Å². The van der Waals surface area contributed by atoms with Gasteiger partial charge in [0.05, 0.1) is 30.9 Å². The van der Waals surface area contributed by atoms with E-state index in [1.54, 1.807) is 6.07 Å². The van der Waals surface area contributed by atoms with Crippen molar-refractivity contribution in [1.29, 1.82) is 0 Å². The Morgan fingerprint density at radius 3 is 2.56 bits per heavy atom. The second-order valence-electron chi connectivity index (χ2n) is 9.62. The van der Waals surface area contributed by atoms with Crippen molar-refractivity contribution in [2.45, 2.75) is 58.2 Å². The fourth-order valence-corrected chi connectivity index (χ4v) is 5.53. The number of halogens is 1. The molecule has 194 valence electrons. The summed E-state index contributed by atoms with van der Waals surface area (Å²) in [5.74, 6) is -0.00188. The second-order valence-corrected chi connectivity index (χ2v) is 10.1. The van der Waals surface area contributed by atoms with E-state index in [0.29, 0.717) is 45.1 Å². The summed E-state index contributed by atoms with van der Waals surface area (Å²) in [6, 6.07) is 4.66. The smallest absolute Gasteiger partial charge is 0.251 e. The van der Waals surface area contributed by atoms with Crippen LogP contribution in [0, 0.1) is 6.92 Å². The van der Waals surface area contributed by atoms with Gasteiger partial charge in [0.15, 0.2) is 5.88 Å². The Morgan fingerprint density at radius 1 is 1.22 bits per heavy atom. The number of amides is 1. The van der Waals surface area contributed by atoms with Crippen LogP contribution in [0.2, 0.25) is 5.02 Å². The van der Waals surface area contributed by atoms with E-state index in [0.717, 1.165) is 43.5 Å². The number of aromatic nitrogens is 3. The Kier molecular flexibility index (Phi) is 7.90. The van der Waals surface area contributed by atoms with Gasteiger partial charge in [0.2, 0.25) is 5.43 Å². The molecule has 0 spiro atoms. The molecule has 3 aromatic rings. The average molecular weight is 515 g/mol. The molecule has 36 heavy (non-hydrogen) atoms. The van der Waals surface area contributed by atoms with Crippen molar-refractivity contribution >= 4 is 34.2 Å². The molecule has 1 saturated carbocycles. The van der Waals surface area contributed by atoms with Gasteiger partial charge >= 0.3 is 0 Å². The van der Waals surface area contributed by atoms with E-state index in [2.05, 4.69) is 51.3 Å². The van der Waals surface area contributed by atoms with Crippen LogP contribution in [0.3, 0.4) is 0 Å². The SMILES string of the molecule is CCN(c1cc(Cl)cc(C(=O)NCc2c(OC)[nH]c3cn[nH]c3c2=O)c1C)C1CCC(N(C)C)CC1. The molecule has 1 amide bonds. The molecule has 4 rings (SSSR count). The van der Waals surface area contributed by atoms with Crippen LogP contribution in [0.25, 0.3) is 11.0 Å². The molecule has 0 saturated heterocycles. The van der Waals surface area contributed by atoms with Crippen LogP contribution in [0.4, 0.5) is 5.69 Å². The number of hydrogen-bond acceptors (Lipinski definition) is 6. The fraction of sp³-hybridized carbons (Fsp3) is 0.500. The van der Waals surface area contributed by atoms with E-state index < -0.39 is 0 Å². The highest BCUT2D eigenvalue weighted by Crippen LogP contribution is 2.34. The van der Waals surface area contributed by atoms with Gasteiger partial charge in [-0.1, -0.05) is 11.6 Å². The normalized spacial score (nSPS) is 18.0. The minimum Gasteiger partial charge on any atom is -0.482 e. The van der Waals surface area contributed by atoms with Crippen LogP contribution >= 0.6 is 11.6 Å². The van der Waals surface area contributed by atoms with Gasteiger partial charge in [-0.05, 0) is 71.3 Å². The lowest BCUT2D eigenvalue weighted by atomic mass is 9.89. The maximum Gasteiger partial charge on any atom is 0.251 e. The maximum absolute atomic E-state index is 13.3. The minimum absolute atomic E-state index is 0.000369. The standard InChI is InChI=1S/C26H35ClN6O3/c1-6-33(18-9-7-17(8-10-18)32(3)4)22-12-16(27)11-19(15(22)2)25(35)28-13-20-24(34)23-21(14-29-31-23)30-26(20)36-5/h11-12,14,17-18H,6-10,13H2,1-5H3,(H,28,35)(H,29,31)(H,30,34). The lowest BCUT2D eigenvalue weighted by molar-refractivity contribution is 0.0950. The minimum atomic E-state index is -0.297. The van der Waals surface area contributed by atoms with E-state index in [9.17, 15) is 9.59 Å². The zero-order valence-electron chi connectivity index (χ0n) is 21.6. The summed E-state index contributed by atoms with van der Waals surface area (Å²) in [6.07, 6.45) is 6.02. The molecule has 0 unspecified atom stereocenters. The quantitative estimate of drug-likeness (QED) is 0.421. The summed E-state index contributed by atoms with van der Waals surface area (Å²) in [6.45, 7) is 4.93. The highest BCUT2D eigenvalue weighted by molar-refractivity contribution is 6.31. The van der Waals surface area contributed by atoms with Crippen molar-refractivity contribution < 1.29 is 9.53 Å². The number of hydrogen-bond donors (Lipinski definition) is 3. The Hall–Kier alpha value is -3.04. The van der Waals surface area contributed by atoms with Crippen LogP contribution in [-0.4, -0.2) is 65.8 Å². The van der Waals surface area contributed by atoms with Crippen molar-refractivity contribution in [2.75, 3.05) is 32.6 Å². The maximum atomic E-state index is 13.3. The van der Waals surface area contributed by atoms with Crippen molar-refractivity contribution in [2.24, 2.45) is 0 Å². The van der Waals surface area contributed by atoms with E-state index in [-0.39, 0.29) is 17.9 Å². The molecule has 0 atom stereocenters. The number of benzene rings is 1. The number of aromatic amines is 2. The summed E-state index contributed by atoms with van der Waals surface area (Å²) < 4.78 is 5.36. The lowest BCUT2D eigenvalue weighted by Gasteiger charge is -2.40. The number of H-pyrrole nitrogens is 2. The number of anilines is 1. The molecule has 3 N–H and O–H groups in total. The number of fused-ring (bicyclic) bond motifs is 1. The van der Waals surface area contributed by atoms with Crippen LogP contribution < -0.4 is 20.4 Å². The van der Waals surface area contributed by atoms with Crippen LogP contribution in [0.1, 0.15) is 54.1 Å². The van der Waals surface area contributed by atoms with Gasteiger partial charge in [-0.25, -0.2) is 0 Å². The van der Waals surface area contributed by atoms with Crippen LogP contribution in [0.15, 0.2) is 23.1 Å². The first-order valence-corrected chi connectivity index (χ1v) is 12.8. The number of nitrogens with one attached hydrogen (secondary N) is 3. The molecular weight excluding hydrogens is 480 g/mol. The average Bonchev–Trinajstić information content (AvgIpc) is 3.34. The molecule has 2 heterocycles. The second kappa shape index (κ2) is 10.9. The Balaban J connectivity index is 1.57. The first kappa shape index (κ1) is 26.0. The van der Waals surface area contributed by atoms with E-state index in [4.69, 9.17) is 16.3 Å². The highest BCUT2D eigenvalue weighted by Gasteiger charge is 2.28. The third-order valence-corrected chi connectivity index (χ3v) is 7.59. The summed E-state index contributed by atoms with van der Waals surface area (Å²) in [5.41, 5.74) is 3.28. The van der Waals surface area contributed by atoms with Gasteiger partial charge in [0.25, 0.3) is 5.91 Å². The third kappa shape index (κ3) is 5.08. The van der Waals surface area contributed by atoms with E-state index in [1.807, 2.05) is 13.0 Å². The van der Waals surface area contributed by atoms with Crippen LogP contribution in [0.5, 0.6) is 5.88 Å². The number of carbonyl (C=O) groups excluding carboxylic acids is 1. The fourth-order valence-electron chi connectivity index (χ4n) is 5.31. The monoisotopic (exact) mass is 514 g/mol. The van der Waals surface area contributed by atoms with E-state index >= 15 is 0 Å². The molecule has 0 radical (unpaired) electrons.